The summed E-state index contributed by atoms with van der Waals surface area (Å²) in [6, 6.07) is 0.459. The van der Waals surface area contributed by atoms with Crippen LogP contribution in [0.4, 0.5) is 0 Å². The lowest BCUT2D eigenvalue weighted by atomic mass is 10.1. The molecule has 1 heterocycles. The first kappa shape index (κ1) is 9.96. The van der Waals surface area contributed by atoms with Crippen LogP contribution in [0.25, 0.3) is 0 Å². The van der Waals surface area contributed by atoms with E-state index in [4.69, 9.17) is 5.73 Å². The Morgan fingerprint density at radius 3 is 2.67 bits per heavy atom. The lowest BCUT2D eigenvalue weighted by Gasteiger charge is -2.29. The van der Waals surface area contributed by atoms with Gasteiger partial charge in [-0.05, 0) is 32.5 Å². The third-order valence-electron chi connectivity index (χ3n) is 2.49. The molecular weight excluding hydrogens is 150 g/mol. The van der Waals surface area contributed by atoms with Crippen molar-refractivity contribution in [3.8, 4) is 0 Å². The average Bonchev–Trinajstić information content (AvgIpc) is 2.09. The van der Waals surface area contributed by atoms with E-state index in [9.17, 15) is 0 Å². The van der Waals surface area contributed by atoms with Crippen LogP contribution in [-0.2, 0) is 0 Å². The van der Waals surface area contributed by atoms with E-state index >= 15 is 0 Å². The van der Waals surface area contributed by atoms with Gasteiger partial charge in [-0.1, -0.05) is 6.92 Å². The number of piperidine rings is 1. The van der Waals surface area contributed by atoms with E-state index < -0.39 is 0 Å². The maximum Gasteiger partial charge on any atom is 0.0107 e. The van der Waals surface area contributed by atoms with Crippen molar-refractivity contribution in [2.45, 2.75) is 25.8 Å². The molecule has 3 nitrogen and oxygen atoms in total. The van der Waals surface area contributed by atoms with Crippen LogP contribution in [-0.4, -0.2) is 43.7 Å². The minimum absolute atomic E-state index is 0.459. The molecule has 1 fully saturated rings. The third kappa shape index (κ3) is 3.52. The van der Waals surface area contributed by atoms with Crippen molar-refractivity contribution in [3.05, 3.63) is 0 Å². The molecule has 0 amide bonds. The number of nitrogens with one attached hydrogen (secondary N) is 1. The monoisotopic (exact) mass is 171 g/mol. The maximum absolute atomic E-state index is 5.81. The topological polar surface area (TPSA) is 41.3 Å². The predicted molar refractivity (Wildman–Crippen MR) is 52.2 cm³/mol. The van der Waals surface area contributed by atoms with E-state index in [1.165, 1.54) is 32.5 Å². The first-order valence-electron chi connectivity index (χ1n) is 5.01. The first-order valence-corrected chi connectivity index (χ1v) is 5.01. The molecule has 3 heteroatoms. The number of hydrogen-bond acceptors (Lipinski definition) is 3. The second kappa shape index (κ2) is 5.51. The van der Waals surface area contributed by atoms with Crippen molar-refractivity contribution in [3.63, 3.8) is 0 Å². The van der Waals surface area contributed by atoms with Crippen molar-refractivity contribution < 1.29 is 0 Å². The third-order valence-corrected chi connectivity index (χ3v) is 2.49. The van der Waals surface area contributed by atoms with Gasteiger partial charge in [-0.15, -0.1) is 0 Å². The van der Waals surface area contributed by atoms with E-state index in [1.54, 1.807) is 0 Å². The normalized spacial score (nSPS) is 21.5. The molecule has 12 heavy (non-hydrogen) atoms. The van der Waals surface area contributed by atoms with Crippen LogP contribution in [0, 0.1) is 0 Å². The summed E-state index contributed by atoms with van der Waals surface area (Å²) in [5, 5.41) is 3.33. The van der Waals surface area contributed by atoms with Crippen molar-refractivity contribution in [1.82, 2.24) is 10.2 Å². The minimum Gasteiger partial charge on any atom is -0.328 e. The lowest BCUT2D eigenvalue weighted by molar-refractivity contribution is 0.214. The van der Waals surface area contributed by atoms with Gasteiger partial charge in [0.25, 0.3) is 0 Å². The highest BCUT2D eigenvalue weighted by molar-refractivity contribution is 4.74. The number of nitrogens with zero attached hydrogens (tertiary/aromatic N) is 1. The molecule has 0 aromatic carbocycles. The summed E-state index contributed by atoms with van der Waals surface area (Å²) in [7, 11) is 0. The fourth-order valence-electron chi connectivity index (χ4n) is 1.59. The molecule has 0 saturated carbocycles. The quantitative estimate of drug-likeness (QED) is 0.586. The van der Waals surface area contributed by atoms with Gasteiger partial charge in [-0.25, -0.2) is 0 Å². The summed E-state index contributed by atoms with van der Waals surface area (Å²) in [6.07, 6.45) is 2.35. The fourth-order valence-corrected chi connectivity index (χ4v) is 1.59. The van der Waals surface area contributed by atoms with E-state index in [1.807, 2.05) is 0 Å². The van der Waals surface area contributed by atoms with Gasteiger partial charge in [0.2, 0.25) is 0 Å². The highest BCUT2D eigenvalue weighted by atomic mass is 15.1. The van der Waals surface area contributed by atoms with Gasteiger partial charge in [-0.2, -0.15) is 0 Å². The molecule has 0 unspecified atom stereocenters. The minimum atomic E-state index is 0.459. The number of likely N-dealkylation sites (N-methyl/N-ethyl adjacent to an activating group) is 1. The summed E-state index contributed by atoms with van der Waals surface area (Å²) >= 11 is 0. The SMILES string of the molecule is CCNCCN1CCC(N)CC1. The Morgan fingerprint density at radius 2 is 2.08 bits per heavy atom. The van der Waals surface area contributed by atoms with Gasteiger partial charge in [-0.3, -0.25) is 0 Å². The zero-order valence-electron chi connectivity index (χ0n) is 8.05. The Bertz CT molecular complexity index is 108. The summed E-state index contributed by atoms with van der Waals surface area (Å²) in [6.45, 7) is 7.89. The Hall–Kier alpha value is -0.120. The molecule has 0 atom stereocenters. The molecule has 0 aliphatic carbocycles. The zero-order valence-corrected chi connectivity index (χ0v) is 8.05. The predicted octanol–water partition coefficient (Wildman–Crippen LogP) is 0.0190. The number of hydrogen-bond donors (Lipinski definition) is 2. The van der Waals surface area contributed by atoms with Crippen LogP contribution >= 0.6 is 0 Å². The number of rotatable bonds is 4. The van der Waals surface area contributed by atoms with E-state index in [0.29, 0.717) is 6.04 Å². The number of likely N-dealkylation sites (tertiary alicyclic amines) is 1. The van der Waals surface area contributed by atoms with Crippen LogP contribution in [0.15, 0.2) is 0 Å². The highest BCUT2D eigenvalue weighted by Gasteiger charge is 2.14. The summed E-state index contributed by atoms with van der Waals surface area (Å²) in [5.74, 6) is 0. The van der Waals surface area contributed by atoms with E-state index in [2.05, 4.69) is 17.1 Å². The Morgan fingerprint density at radius 1 is 1.42 bits per heavy atom. The molecule has 1 aliphatic heterocycles. The summed E-state index contributed by atoms with van der Waals surface area (Å²) < 4.78 is 0. The van der Waals surface area contributed by atoms with Crippen molar-refractivity contribution >= 4 is 0 Å². The number of nitrogens with two attached hydrogens (primary N) is 1. The van der Waals surface area contributed by atoms with Crippen LogP contribution < -0.4 is 11.1 Å². The molecule has 0 radical (unpaired) electrons. The smallest absolute Gasteiger partial charge is 0.0107 e. The summed E-state index contributed by atoms with van der Waals surface area (Å²) in [4.78, 5) is 2.49. The molecule has 1 aliphatic rings. The maximum atomic E-state index is 5.81. The molecule has 1 saturated heterocycles. The van der Waals surface area contributed by atoms with Gasteiger partial charge < -0.3 is 16.0 Å². The van der Waals surface area contributed by atoms with Gasteiger partial charge in [0, 0.05) is 19.1 Å². The molecular formula is C9H21N3. The average molecular weight is 171 g/mol. The van der Waals surface area contributed by atoms with Crippen molar-refractivity contribution in [1.29, 1.82) is 0 Å². The van der Waals surface area contributed by atoms with Crippen molar-refractivity contribution in [2.75, 3.05) is 32.7 Å². The van der Waals surface area contributed by atoms with Gasteiger partial charge in [0.1, 0.15) is 0 Å². The van der Waals surface area contributed by atoms with Crippen molar-refractivity contribution in [2.24, 2.45) is 5.73 Å². The molecule has 0 aromatic rings. The molecule has 1 rings (SSSR count). The van der Waals surface area contributed by atoms with Crippen LogP contribution in [0.5, 0.6) is 0 Å². The van der Waals surface area contributed by atoms with E-state index in [0.717, 1.165) is 13.1 Å². The fraction of sp³-hybridized carbons (Fsp3) is 1.00. The van der Waals surface area contributed by atoms with Crippen LogP contribution in [0.3, 0.4) is 0 Å². The Labute approximate surface area is 75.3 Å². The largest absolute Gasteiger partial charge is 0.328 e. The van der Waals surface area contributed by atoms with Gasteiger partial charge in [0.05, 0.1) is 0 Å². The molecule has 0 aromatic heterocycles. The van der Waals surface area contributed by atoms with Crippen LogP contribution in [0.2, 0.25) is 0 Å². The second-order valence-corrected chi connectivity index (χ2v) is 3.53. The molecule has 72 valence electrons. The van der Waals surface area contributed by atoms with Gasteiger partial charge >= 0.3 is 0 Å². The Kier molecular flexibility index (Phi) is 4.58. The highest BCUT2D eigenvalue weighted by Crippen LogP contribution is 2.06. The zero-order chi connectivity index (χ0) is 8.81. The van der Waals surface area contributed by atoms with E-state index in [-0.39, 0.29) is 0 Å². The first-order chi connectivity index (χ1) is 5.83. The Balaban J connectivity index is 2.01. The summed E-state index contributed by atoms with van der Waals surface area (Å²) in [5.41, 5.74) is 5.81. The molecule has 0 bridgehead atoms. The molecule has 3 N–H and O–H groups in total. The molecule has 0 spiro atoms. The standard InChI is InChI=1S/C9H21N3/c1-2-11-5-8-12-6-3-9(10)4-7-12/h9,11H,2-8,10H2,1H3. The van der Waals surface area contributed by atoms with Gasteiger partial charge in [0.15, 0.2) is 0 Å². The van der Waals surface area contributed by atoms with Crippen LogP contribution in [0.1, 0.15) is 19.8 Å². The second-order valence-electron chi connectivity index (χ2n) is 3.53. The lowest BCUT2D eigenvalue weighted by Crippen LogP contribution is -2.42.